The number of fused-ring (bicyclic) bond motifs is 1. The fraction of sp³-hybridized carbons (Fsp3) is 0.381. The van der Waals surface area contributed by atoms with Gasteiger partial charge in [0.25, 0.3) is 5.91 Å². The number of aromatic nitrogens is 3. The maximum atomic E-state index is 12.6. The molecule has 152 valence electrons. The van der Waals surface area contributed by atoms with Crippen LogP contribution in [0.4, 0.5) is 0 Å². The largest absolute Gasteiger partial charge is 0.391 e. The number of para-hydroxylation sites is 1. The lowest BCUT2D eigenvalue weighted by atomic mass is 9.83. The van der Waals surface area contributed by atoms with Gasteiger partial charge in [0, 0.05) is 41.7 Å². The molecule has 8 nitrogen and oxygen atoms in total. The van der Waals surface area contributed by atoms with Gasteiger partial charge in [-0.3, -0.25) is 9.59 Å². The van der Waals surface area contributed by atoms with Gasteiger partial charge in [-0.05, 0) is 31.4 Å². The van der Waals surface area contributed by atoms with Crippen LogP contribution in [0.3, 0.4) is 0 Å². The Morgan fingerprint density at radius 2 is 2.10 bits per heavy atom. The van der Waals surface area contributed by atoms with E-state index in [1.165, 1.54) is 0 Å². The zero-order valence-corrected chi connectivity index (χ0v) is 16.0. The molecular weight excluding hydrogens is 370 g/mol. The highest BCUT2D eigenvalue weighted by atomic mass is 16.3. The lowest BCUT2D eigenvalue weighted by Crippen LogP contribution is -2.49. The number of nitrogens with one attached hydrogen (secondary N) is 4. The summed E-state index contributed by atoms with van der Waals surface area (Å²) in [5.74, 6) is -0.542. The second kappa shape index (κ2) is 8.48. The van der Waals surface area contributed by atoms with Gasteiger partial charge in [0.05, 0.1) is 18.5 Å². The topological polar surface area (TPSA) is 123 Å². The molecule has 1 saturated carbocycles. The molecule has 2 amide bonds. The number of carbonyl (C=O) groups is 2. The van der Waals surface area contributed by atoms with E-state index in [-0.39, 0.29) is 17.7 Å². The quantitative estimate of drug-likeness (QED) is 0.434. The molecular formula is C21H25N5O3. The minimum Gasteiger partial charge on any atom is -0.391 e. The molecule has 4 rings (SSSR count). The zero-order valence-electron chi connectivity index (χ0n) is 16.0. The van der Waals surface area contributed by atoms with Crippen molar-refractivity contribution in [2.24, 2.45) is 5.92 Å². The monoisotopic (exact) mass is 395 g/mol. The molecule has 0 spiro atoms. The number of benzene rings is 1. The number of hydrogen-bond donors (Lipinski definition) is 5. The number of rotatable bonds is 6. The summed E-state index contributed by atoms with van der Waals surface area (Å²) in [5, 5.41) is 17.1. The van der Waals surface area contributed by atoms with E-state index in [2.05, 4.69) is 25.6 Å². The smallest absolute Gasteiger partial charge is 0.268 e. The molecule has 0 unspecified atom stereocenters. The standard InChI is InChI=1S/C21H25N5O3/c27-19-6-5-14(20(28)23-8-7-15-11-22-12-24-15)10-17(19)26-21(29)18-9-13-3-1-2-4-16(13)25-18/h1-4,9,11-12,14,17,19,25,27H,5-8,10H2,(H,22,24)(H,23,28)(H,26,29)/t14-,17+,19+/m0/s1. The lowest BCUT2D eigenvalue weighted by Gasteiger charge is -2.33. The summed E-state index contributed by atoms with van der Waals surface area (Å²) in [6, 6.07) is 9.00. The third-order valence-electron chi connectivity index (χ3n) is 5.52. The van der Waals surface area contributed by atoms with Gasteiger partial charge in [0.2, 0.25) is 5.91 Å². The van der Waals surface area contributed by atoms with Crippen LogP contribution in [0.5, 0.6) is 0 Å². The molecule has 0 saturated heterocycles. The van der Waals surface area contributed by atoms with Crippen LogP contribution in [0, 0.1) is 5.92 Å². The maximum Gasteiger partial charge on any atom is 0.268 e. The summed E-state index contributed by atoms with van der Waals surface area (Å²) < 4.78 is 0. The molecule has 1 fully saturated rings. The minimum absolute atomic E-state index is 0.0405. The molecule has 29 heavy (non-hydrogen) atoms. The molecule has 1 aliphatic rings. The van der Waals surface area contributed by atoms with Crippen LogP contribution in [0.1, 0.15) is 35.4 Å². The first kappa shape index (κ1) is 19.2. The van der Waals surface area contributed by atoms with Crippen molar-refractivity contribution in [2.75, 3.05) is 6.54 Å². The van der Waals surface area contributed by atoms with Crippen LogP contribution in [0.15, 0.2) is 42.9 Å². The van der Waals surface area contributed by atoms with Crippen molar-refractivity contribution in [3.05, 3.63) is 54.2 Å². The van der Waals surface area contributed by atoms with Crippen LogP contribution in [0.25, 0.3) is 10.9 Å². The summed E-state index contributed by atoms with van der Waals surface area (Å²) >= 11 is 0. The summed E-state index contributed by atoms with van der Waals surface area (Å²) in [6.07, 6.45) is 4.88. The van der Waals surface area contributed by atoms with Gasteiger partial charge in [0.1, 0.15) is 5.69 Å². The molecule has 0 bridgehead atoms. The predicted molar refractivity (Wildman–Crippen MR) is 108 cm³/mol. The number of aromatic amines is 2. The van der Waals surface area contributed by atoms with E-state index in [1.54, 1.807) is 18.6 Å². The Bertz CT molecular complexity index is 948. The second-order valence-corrected chi connectivity index (χ2v) is 7.55. The van der Waals surface area contributed by atoms with Gasteiger partial charge in [-0.15, -0.1) is 0 Å². The average molecular weight is 395 g/mol. The van der Waals surface area contributed by atoms with E-state index in [0.717, 1.165) is 16.6 Å². The number of aliphatic hydroxyl groups is 1. The molecule has 0 radical (unpaired) electrons. The van der Waals surface area contributed by atoms with E-state index in [9.17, 15) is 14.7 Å². The van der Waals surface area contributed by atoms with Crippen LogP contribution < -0.4 is 10.6 Å². The van der Waals surface area contributed by atoms with Crippen LogP contribution in [-0.2, 0) is 11.2 Å². The van der Waals surface area contributed by atoms with Crippen LogP contribution in [-0.4, -0.2) is 50.6 Å². The number of carbonyl (C=O) groups excluding carboxylic acids is 2. The first-order valence-corrected chi connectivity index (χ1v) is 9.92. The van der Waals surface area contributed by atoms with E-state index in [1.807, 2.05) is 24.3 Å². The third kappa shape index (κ3) is 4.48. The Morgan fingerprint density at radius 3 is 2.90 bits per heavy atom. The van der Waals surface area contributed by atoms with E-state index in [0.29, 0.717) is 37.9 Å². The summed E-state index contributed by atoms with van der Waals surface area (Å²) in [7, 11) is 0. The molecule has 3 atom stereocenters. The normalized spacial score (nSPS) is 21.8. The number of H-pyrrole nitrogens is 2. The number of amides is 2. The number of aliphatic hydroxyl groups excluding tert-OH is 1. The first-order valence-electron chi connectivity index (χ1n) is 9.92. The van der Waals surface area contributed by atoms with Gasteiger partial charge in [-0.2, -0.15) is 0 Å². The molecule has 5 N–H and O–H groups in total. The Kier molecular flexibility index (Phi) is 5.62. The minimum atomic E-state index is -0.655. The Labute approximate surface area is 168 Å². The van der Waals surface area contributed by atoms with Crippen molar-refractivity contribution >= 4 is 22.7 Å². The Hall–Kier alpha value is -3.13. The Morgan fingerprint density at radius 1 is 1.24 bits per heavy atom. The second-order valence-electron chi connectivity index (χ2n) is 7.55. The summed E-state index contributed by atoms with van der Waals surface area (Å²) in [4.78, 5) is 35.2. The molecule has 8 heteroatoms. The van der Waals surface area contributed by atoms with Crippen molar-refractivity contribution in [3.8, 4) is 0 Å². The average Bonchev–Trinajstić information content (AvgIpc) is 3.39. The zero-order chi connectivity index (χ0) is 20.2. The van der Waals surface area contributed by atoms with Gasteiger partial charge < -0.3 is 25.7 Å². The fourth-order valence-electron chi connectivity index (χ4n) is 3.88. The van der Waals surface area contributed by atoms with Crippen molar-refractivity contribution < 1.29 is 14.7 Å². The van der Waals surface area contributed by atoms with Crippen molar-refractivity contribution in [1.29, 1.82) is 0 Å². The molecule has 2 aromatic heterocycles. The SMILES string of the molecule is O=C(N[C@@H]1C[C@@H](C(=O)NCCc2cnc[nH]2)CC[C@H]1O)c1cc2ccccc2[nH]1. The summed E-state index contributed by atoms with van der Waals surface area (Å²) in [5.41, 5.74) is 2.30. The van der Waals surface area contributed by atoms with E-state index < -0.39 is 12.1 Å². The Balaban J connectivity index is 1.33. The molecule has 1 aromatic carbocycles. The molecule has 1 aliphatic carbocycles. The predicted octanol–water partition coefficient (Wildman–Crippen LogP) is 1.51. The molecule has 3 aromatic rings. The van der Waals surface area contributed by atoms with Crippen molar-refractivity contribution in [1.82, 2.24) is 25.6 Å². The molecule has 0 aliphatic heterocycles. The van der Waals surface area contributed by atoms with Crippen molar-refractivity contribution in [3.63, 3.8) is 0 Å². The van der Waals surface area contributed by atoms with Gasteiger partial charge >= 0.3 is 0 Å². The maximum absolute atomic E-state index is 12.6. The first-order chi connectivity index (χ1) is 14.1. The van der Waals surface area contributed by atoms with Crippen LogP contribution in [0.2, 0.25) is 0 Å². The molecule has 2 heterocycles. The highest BCUT2D eigenvalue weighted by Crippen LogP contribution is 2.25. The lowest BCUT2D eigenvalue weighted by molar-refractivity contribution is -0.127. The highest BCUT2D eigenvalue weighted by Gasteiger charge is 2.34. The van der Waals surface area contributed by atoms with E-state index in [4.69, 9.17) is 0 Å². The highest BCUT2D eigenvalue weighted by molar-refractivity contribution is 5.98. The van der Waals surface area contributed by atoms with Gasteiger partial charge in [0.15, 0.2) is 0 Å². The summed E-state index contributed by atoms with van der Waals surface area (Å²) in [6.45, 7) is 0.520. The van der Waals surface area contributed by atoms with Crippen molar-refractivity contribution in [2.45, 2.75) is 37.8 Å². The fourth-order valence-corrected chi connectivity index (χ4v) is 3.88. The van der Waals surface area contributed by atoms with Crippen LogP contribution >= 0.6 is 0 Å². The van der Waals surface area contributed by atoms with Gasteiger partial charge in [-0.25, -0.2) is 4.98 Å². The van der Waals surface area contributed by atoms with E-state index >= 15 is 0 Å². The number of hydrogen-bond acceptors (Lipinski definition) is 4. The van der Waals surface area contributed by atoms with Gasteiger partial charge in [-0.1, -0.05) is 18.2 Å². The third-order valence-corrected chi connectivity index (χ3v) is 5.52. The number of nitrogens with zero attached hydrogens (tertiary/aromatic N) is 1. The number of imidazole rings is 1.